The summed E-state index contributed by atoms with van der Waals surface area (Å²) in [6.07, 6.45) is 3.12. The van der Waals surface area contributed by atoms with Crippen LogP contribution >= 0.6 is 0 Å². The number of carbonyl (C=O) groups is 2. The number of methoxy groups -OCH3 is 1. The fourth-order valence-corrected chi connectivity index (χ4v) is 5.71. The summed E-state index contributed by atoms with van der Waals surface area (Å²) in [6.45, 7) is 7.95. The third-order valence-electron chi connectivity index (χ3n) is 8.20. The third kappa shape index (κ3) is 7.44. The molecule has 1 unspecified atom stereocenters. The van der Waals surface area contributed by atoms with Gasteiger partial charge in [0.2, 0.25) is 5.88 Å². The first-order chi connectivity index (χ1) is 21.7. The van der Waals surface area contributed by atoms with Crippen LogP contribution in [0.2, 0.25) is 0 Å². The van der Waals surface area contributed by atoms with E-state index < -0.39 is 11.7 Å². The zero-order valence-electron chi connectivity index (χ0n) is 26.4. The standard InChI is InChI=1S/C35H41N3O7/c1-35(2,3)45-34(40)38-16-6-7-24(19-38)26-17-28(37-32-27(26)18-36-33(39)44-32)31-29(42-20-22-10-11-22)8-5-9-30(31)43-21-23-12-14-25(41-4)15-13-23/h5,8-9,12-15,17,22,24H,6-7,10-11,16,18-21H2,1-4H3,(H,36,39). The van der Waals surface area contributed by atoms with Crippen molar-refractivity contribution in [3.8, 4) is 34.4 Å². The van der Waals surface area contributed by atoms with Crippen molar-refractivity contribution in [3.63, 3.8) is 0 Å². The van der Waals surface area contributed by atoms with Crippen LogP contribution in [0, 0.1) is 5.92 Å². The molecule has 3 aliphatic rings. The number of aromatic nitrogens is 1. The monoisotopic (exact) mass is 615 g/mol. The molecule has 0 bridgehead atoms. The lowest BCUT2D eigenvalue weighted by atomic mass is 9.87. The van der Waals surface area contributed by atoms with E-state index in [1.165, 1.54) is 0 Å². The van der Waals surface area contributed by atoms with Crippen LogP contribution in [0.25, 0.3) is 11.3 Å². The number of amides is 2. The minimum atomic E-state index is -0.586. The molecule has 1 N–H and O–H groups in total. The highest BCUT2D eigenvalue weighted by molar-refractivity contribution is 5.78. The van der Waals surface area contributed by atoms with Crippen molar-refractivity contribution in [2.24, 2.45) is 5.92 Å². The maximum absolute atomic E-state index is 13.0. The molecule has 45 heavy (non-hydrogen) atoms. The number of carbonyl (C=O) groups excluding carboxylic acids is 2. The van der Waals surface area contributed by atoms with E-state index in [9.17, 15) is 9.59 Å². The van der Waals surface area contributed by atoms with Crippen LogP contribution in [0.15, 0.2) is 48.5 Å². The summed E-state index contributed by atoms with van der Waals surface area (Å²) in [5.41, 5.74) is 3.47. The van der Waals surface area contributed by atoms with E-state index in [2.05, 4.69) is 5.32 Å². The summed E-state index contributed by atoms with van der Waals surface area (Å²) in [6, 6.07) is 15.5. The normalized spacial score (nSPS) is 17.9. The molecule has 238 valence electrons. The smallest absolute Gasteiger partial charge is 0.414 e. The van der Waals surface area contributed by atoms with Gasteiger partial charge in [-0.2, -0.15) is 0 Å². The van der Waals surface area contributed by atoms with Gasteiger partial charge in [-0.15, -0.1) is 0 Å². The number of hydrogen-bond acceptors (Lipinski definition) is 8. The molecule has 2 aromatic carbocycles. The number of pyridine rings is 1. The number of nitrogens with zero attached hydrogens (tertiary/aromatic N) is 2. The second-order valence-corrected chi connectivity index (χ2v) is 12.9. The highest BCUT2D eigenvalue weighted by Crippen LogP contribution is 2.43. The van der Waals surface area contributed by atoms with Gasteiger partial charge in [-0.05, 0) is 93.8 Å². The minimum Gasteiger partial charge on any atom is -0.497 e. The van der Waals surface area contributed by atoms with Crippen molar-refractivity contribution in [1.29, 1.82) is 0 Å². The molecule has 3 heterocycles. The molecule has 1 saturated carbocycles. The Hall–Kier alpha value is -4.47. The molecule has 1 aliphatic carbocycles. The molecule has 2 fully saturated rings. The van der Waals surface area contributed by atoms with Gasteiger partial charge in [0.25, 0.3) is 0 Å². The van der Waals surface area contributed by atoms with Gasteiger partial charge in [0, 0.05) is 24.6 Å². The third-order valence-corrected chi connectivity index (χ3v) is 8.20. The molecule has 0 radical (unpaired) electrons. The molecule has 6 rings (SSSR count). The Balaban J connectivity index is 1.37. The summed E-state index contributed by atoms with van der Waals surface area (Å²) < 4.78 is 29.4. The fourth-order valence-electron chi connectivity index (χ4n) is 5.71. The van der Waals surface area contributed by atoms with E-state index in [0.717, 1.165) is 48.1 Å². The topological polar surface area (TPSA) is 108 Å². The van der Waals surface area contributed by atoms with E-state index in [-0.39, 0.29) is 17.9 Å². The Bertz CT molecular complexity index is 1550. The molecule has 3 aromatic rings. The number of piperidine rings is 1. The highest BCUT2D eigenvalue weighted by Gasteiger charge is 2.33. The van der Waals surface area contributed by atoms with Gasteiger partial charge in [-0.1, -0.05) is 18.2 Å². The first-order valence-corrected chi connectivity index (χ1v) is 15.7. The van der Waals surface area contributed by atoms with Crippen LogP contribution in [0.5, 0.6) is 23.1 Å². The lowest BCUT2D eigenvalue weighted by Crippen LogP contribution is -2.42. The Morgan fingerprint density at radius 2 is 1.82 bits per heavy atom. The fraction of sp³-hybridized carbons (Fsp3) is 0.457. The van der Waals surface area contributed by atoms with E-state index in [1.807, 2.05) is 69.3 Å². The first kappa shape index (κ1) is 30.6. The molecule has 10 heteroatoms. The first-order valence-electron chi connectivity index (χ1n) is 15.7. The zero-order chi connectivity index (χ0) is 31.6. The Morgan fingerprint density at radius 1 is 1.07 bits per heavy atom. The molecule has 1 atom stereocenters. The number of benzene rings is 2. The number of ether oxygens (including phenoxy) is 5. The van der Waals surface area contributed by atoms with Gasteiger partial charge in [-0.3, -0.25) is 0 Å². The molecule has 2 amide bonds. The number of fused-ring (bicyclic) bond motifs is 1. The zero-order valence-corrected chi connectivity index (χ0v) is 26.4. The van der Waals surface area contributed by atoms with Crippen molar-refractivity contribution in [1.82, 2.24) is 15.2 Å². The average Bonchev–Trinajstić information content (AvgIpc) is 3.86. The Labute approximate surface area is 264 Å². The largest absolute Gasteiger partial charge is 0.497 e. The molecular weight excluding hydrogens is 574 g/mol. The summed E-state index contributed by atoms with van der Waals surface area (Å²) in [5.74, 6) is 2.84. The van der Waals surface area contributed by atoms with Gasteiger partial charge < -0.3 is 33.9 Å². The molecule has 1 saturated heterocycles. The van der Waals surface area contributed by atoms with Gasteiger partial charge >= 0.3 is 12.2 Å². The van der Waals surface area contributed by atoms with E-state index in [4.69, 9.17) is 28.7 Å². The van der Waals surface area contributed by atoms with Gasteiger partial charge in [0.05, 0.1) is 31.5 Å². The minimum absolute atomic E-state index is 0.0106. The lowest BCUT2D eigenvalue weighted by Gasteiger charge is -2.35. The van der Waals surface area contributed by atoms with Crippen molar-refractivity contribution in [2.45, 2.75) is 71.1 Å². The maximum atomic E-state index is 13.0. The summed E-state index contributed by atoms with van der Waals surface area (Å²) in [5, 5.41) is 2.79. The molecule has 10 nitrogen and oxygen atoms in total. The van der Waals surface area contributed by atoms with Gasteiger partial charge in [0.15, 0.2) is 0 Å². The van der Waals surface area contributed by atoms with Gasteiger partial charge in [-0.25, -0.2) is 14.6 Å². The SMILES string of the molecule is COc1ccc(COc2cccc(OCC3CC3)c2-c2cc(C3CCCN(C(=O)OC(C)(C)C)C3)c3c(n2)OC(=O)NC3)cc1. The predicted molar refractivity (Wildman–Crippen MR) is 168 cm³/mol. The number of nitrogens with one attached hydrogen (secondary N) is 1. The highest BCUT2D eigenvalue weighted by atomic mass is 16.6. The maximum Gasteiger partial charge on any atom is 0.414 e. The van der Waals surface area contributed by atoms with Crippen LogP contribution < -0.4 is 24.3 Å². The van der Waals surface area contributed by atoms with Crippen molar-refractivity contribution < 1.29 is 33.3 Å². The number of hydrogen-bond donors (Lipinski definition) is 1. The summed E-state index contributed by atoms with van der Waals surface area (Å²) in [7, 11) is 1.64. The second kappa shape index (κ2) is 12.9. The number of rotatable bonds is 9. The van der Waals surface area contributed by atoms with Crippen molar-refractivity contribution in [2.75, 3.05) is 26.8 Å². The van der Waals surface area contributed by atoms with Crippen LogP contribution in [0.1, 0.15) is 69.1 Å². The lowest BCUT2D eigenvalue weighted by molar-refractivity contribution is 0.0198. The van der Waals surface area contributed by atoms with Crippen LogP contribution in [-0.2, 0) is 17.9 Å². The summed E-state index contributed by atoms with van der Waals surface area (Å²) >= 11 is 0. The molecule has 2 aliphatic heterocycles. The molecule has 0 spiro atoms. The Morgan fingerprint density at radius 3 is 2.53 bits per heavy atom. The van der Waals surface area contributed by atoms with E-state index in [1.54, 1.807) is 12.0 Å². The molecule has 1 aromatic heterocycles. The quantitative estimate of drug-likeness (QED) is 0.279. The number of likely N-dealkylation sites (tertiary alicyclic amines) is 1. The summed E-state index contributed by atoms with van der Waals surface area (Å²) in [4.78, 5) is 32.0. The van der Waals surface area contributed by atoms with Crippen LogP contribution in [0.4, 0.5) is 9.59 Å². The van der Waals surface area contributed by atoms with E-state index in [0.29, 0.717) is 61.5 Å². The second-order valence-electron chi connectivity index (χ2n) is 12.9. The van der Waals surface area contributed by atoms with Crippen molar-refractivity contribution >= 4 is 12.2 Å². The average molecular weight is 616 g/mol. The van der Waals surface area contributed by atoms with Gasteiger partial charge in [0.1, 0.15) is 29.5 Å². The van der Waals surface area contributed by atoms with E-state index >= 15 is 0 Å². The van der Waals surface area contributed by atoms with Crippen LogP contribution in [-0.4, -0.2) is 54.5 Å². The van der Waals surface area contributed by atoms with Crippen LogP contribution in [0.3, 0.4) is 0 Å². The predicted octanol–water partition coefficient (Wildman–Crippen LogP) is 6.84. The molecular formula is C35H41N3O7. The Kier molecular flexibility index (Phi) is 8.74. The van der Waals surface area contributed by atoms with Crippen molar-refractivity contribution in [3.05, 3.63) is 65.2 Å².